The van der Waals surface area contributed by atoms with Gasteiger partial charge in [0.1, 0.15) is 11.8 Å². The number of fused-ring (bicyclic) bond motifs is 1. The maximum atomic E-state index is 14.5. The summed E-state index contributed by atoms with van der Waals surface area (Å²) in [5, 5.41) is 4.25. The molecule has 0 radical (unpaired) electrons. The Balaban J connectivity index is 1.61. The summed E-state index contributed by atoms with van der Waals surface area (Å²) >= 11 is 0. The van der Waals surface area contributed by atoms with Crippen LogP contribution in [0, 0.1) is 0 Å². The fourth-order valence-electron chi connectivity index (χ4n) is 6.09. The molecule has 4 aromatic rings. The number of methoxy groups -OCH3 is 4. The lowest BCUT2D eigenvalue weighted by Gasteiger charge is -2.34. The number of para-hydroxylation sites is 1. The van der Waals surface area contributed by atoms with Crippen molar-refractivity contribution in [1.82, 2.24) is 15.2 Å². The van der Waals surface area contributed by atoms with Gasteiger partial charge in [-0.1, -0.05) is 49.6 Å². The Bertz CT molecular complexity index is 1570. The van der Waals surface area contributed by atoms with E-state index < -0.39 is 6.04 Å². The van der Waals surface area contributed by atoms with Crippen molar-refractivity contribution >= 4 is 22.7 Å². The number of hydrogen-bond donors (Lipinski definition) is 2. The van der Waals surface area contributed by atoms with E-state index in [1.54, 1.807) is 24.1 Å². The molecule has 0 aliphatic heterocycles. The van der Waals surface area contributed by atoms with Gasteiger partial charge in [-0.15, -0.1) is 0 Å². The van der Waals surface area contributed by atoms with Crippen molar-refractivity contribution in [3.63, 3.8) is 0 Å². The Morgan fingerprint density at radius 1 is 0.886 bits per heavy atom. The first-order valence-corrected chi connectivity index (χ1v) is 15.0. The predicted molar refractivity (Wildman–Crippen MR) is 169 cm³/mol. The van der Waals surface area contributed by atoms with Crippen molar-refractivity contribution < 1.29 is 28.5 Å². The Labute approximate surface area is 258 Å². The quantitative estimate of drug-likeness (QED) is 0.208. The van der Waals surface area contributed by atoms with Crippen LogP contribution in [0.25, 0.3) is 10.9 Å². The van der Waals surface area contributed by atoms with Crippen molar-refractivity contribution in [3.8, 4) is 23.0 Å². The van der Waals surface area contributed by atoms with Gasteiger partial charge in [-0.2, -0.15) is 0 Å². The molecule has 0 spiro atoms. The van der Waals surface area contributed by atoms with Crippen LogP contribution in [-0.2, 0) is 22.6 Å². The number of nitrogens with zero attached hydrogens (tertiary/aromatic N) is 1. The second-order valence-corrected chi connectivity index (χ2v) is 11.1. The highest BCUT2D eigenvalue weighted by molar-refractivity contribution is 5.92. The van der Waals surface area contributed by atoms with Gasteiger partial charge in [-0.25, -0.2) is 0 Å². The van der Waals surface area contributed by atoms with Gasteiger partial charge in [0.2, 0.25) is 17.6 Å². The first kappa shape index (κ1) is 30.8. The Morgan fingerprint density at radius 3 is 2.30 bits per heavy atom. The molecule has 2 N–H and O–H groups in total. The van der Waals surface area contributed by atoms with Crippen LogP contribution in [0.5, 0.6) is 23.0 Å². The van der Waals surface area contributed by atoms with Crippen LogP contribution < -0.4 is 24.3 Å². The highest BCUT2D eigenvalue weighted by Gasteiger charge is 2.35. The van der Waals surface area contributed by atoms with E-state index in [9.17, 15) is 9.59 Å². The van der Waals surface area contributed by atoms with Crippen LogP contribution in [0.1, 0.15) is 54.8 Å². The summed E-state index contributed by atoms with van der Waals surface area (Å²) in [6, 6.07) is 18.0. The molecule has 1 atom stereocenters. The van der Waals surface area contributed by atoms with E-state index in [-0.39, 0.29) is 30.8 Å². The minimum Gasteiger partial charge on any atom is -0.497 e. The molecule has 1 heterocycles. The van der Waals surface area contributed by atoms with Crippen molar-refractivity contribution in [2.45, 2.75) is 57.2 Å². The van der Waals surface area contributed by atoms with Crippen LogP contribution in [0.2, 0.25) is 0 Å². The lowest BCUT2D eigenvalue weighted by atomic mass is 9.94. The minimum absolute atomic E-state index is 0.0446. The molecular formula is C35H41N3O6. The first-order valence-electron chi connectivity index (χ1n) is 15.0. The van der Waals surface area contributed by atoms with Crippen LogP contribution >= 0.6 is 0 Å². The third kappa shape index (κ3) is 6.77. The van der Waals surface area contributed by atoms with Crippen molar-refractivity contribution in [1.29, 1.82) is 0 Å². The van der Waals surface area contributed by atoms with Gasteiger partial charge in [0.15, 0.2) is 11.5 Å². The first-order chi connectivity index (χ1) is 21.4. The van der Waals surface area contributed by atoms with E-state index >= 15 is 0 Å². The Kier molecular flexibility index (Phi) is 9.94. The number of rotatable bonds is 12. The topological polar surface area (TPSA) is 102 Å². The number of hydrogen-bond acceptors (Lipinski definition) is 6. The number of aromatic nitrogens is 1. The van der Waals surface area contributed by atoms with Crippen LogP contribution in [0.3, 0.4) is 0 Å². The molecule has 1 fully saturated rings. The molecule has 3 aromatic carbocycles. The Hall–Kier alpha value is -4.66. The summed E-state index contributed by atoms with van der Waals surface area (Å²) in [5.41, 5.74) is 3.20. The molecule has 232 valence electrons. The van der Waals surface area contributed by atoms with Gasteiger partial charge in [-0.05, 0) is 59.9 Å². The van der Waals surface area contributed by atoms with Gasteiger partial charge >= 0.3 is 0 Å². The average Bonchev–Trinajstić information content (AvgIpc) is 3.46. The zero-order valence-corrected chi connectivity index (χ0v) is 25.9. The number of ether oxygens (including phenoxy) is 4. The van der Waals surface area contributed by atoms with Gasteiger partial charge in [-0.3, -0.25) is 9.59 Å². The van der Waals surface area contributed by atoms with Crippen molar-refractivity contribution in [3.05, 3.63) is 83.6 Å². The minimum atomic E-state index is -0.977. The second-order valence-electron chi connectivity index (χ2n) is 11.1. The number of carbonyl (C=O) groups excluding carboxylic acids is 2. The summed E-state index contributed by atoms with van der Waals surface area (Å²) in [5.74, 6) is 1.44. The lowest BCUT2D eigenvalue weighted by molar-refractivity contribution is -0.141. The molecule has 1 unspecified atom stereocenters. The van der Waals surface area contributed by atoms with E-state index in [0.29, 0.717) is 28.6 Å². The molecule has 44 heavy (non-hydrogen) atoms. The van der Waals surface area contributed by atoms with Gasteiger partial charge < -0.3 is 34.1 Å². The zero-order valence-electron chi connectivity index (χ0n) is 25.9. The van der Waals surface area contributed by atoms with E-state index in [1.165, 1.54) is 21.3 Å². The second kappa shape index (κ2) is 14.2. The van der Waals surface area contributed by atoms with Gasteiger partial charge in [0.05, 0.1) is 34.9 Å². The maximum absolute atomic E-state index is 14.5. The van der Waals surface area contributed by atoms with Crippen LogP contribution in [-0.4, -0.2) is 56.2 Å². The van der Waals surface area contributed by atoms with Crippen LogP contribution in [0.15, 0.2) is 66.9 Å². The molecule has 9 nitrogen and oxygen atoms in total. The van der Waals surface area contributed by atoms with E-state index in [2.05, 4.69) is 10.3 Å². The average molecular weight is 600 g/mol. The SMILES string of the molecule is COc1cccc(CN(C(=O)Cc2c[nH]c3ccccc23)C(C(=O)NC2CCCCC2)c2cc(OC)c(OC)c(OC)c2)c1. The van der Waals surface area contributed by atoms with E-state index in [1.807, 2.05) is 54.7 Å². The van der Waals surface area contributed by atoms with E-state index in [0.717, 1.165) is 54.1 Å². The van der Waals surface area contributed by atoms with E-state index in [4.69, 9.17) is 18.9 Å². The molecule has 1 saturated carbocycles. The number of aromatic amines is 1. The van der Waals surface area contributed by atoms with Gasteiger partial charge in [0.25, 0.3) is 0 Å². The Morgan fingerprint density at radius 2 is 1.61 bits per heavy atom. The largest absolute Gasteiger partial charge is 0.497 e. The molecule has 1 aliphatic carbocycles. The standard InChI is InChI=1S/C35H41N3O6/c1-41-27-14-10-11-23(17-27)22-38(32(39)20-25-21-36-29-16-9-8-15-28(25)29)33(35(40)37-26-12-6-5-7-13-26)24-18-30(42-2)34(44-4)31(19-24)43-3/h8-11,14-19,21,26,33,36H,5-7,12-13,20,22H2,1-4H3,(H,37,40). The number of carbonyl (C=O) groups is 2. The fraction of sp³-hybridized carbons (Fsp3) is 0.371. The number of benzene rings is 3. The third-order valence-corrected chi connectivity index (χ3v) is 8.34. The normalized spacial score (nSPS) is 14.1. The zero-order chi connectivity index (χ0) is 31.1. The van der Waals surface area contributed by atoms with Crippen molar-refractivity contribution in [2.24, 2.45) is 0 Å². The third-order valence-electron chi connectivity index (χ3n) is 8.34. The molecule has 0 bridgehead atoms. The smallest absolute Gasteiger partial charge is 0.247 e. The molecule has 9 heteroatoms. The fourth-order valence-corrected chi connectivity index (χ4v) is 6.09. The number of nitrogens with one attached hydrogen (secondary N) is 2. The summed E-state index contributed by atoms with van der Waals surface area (Å²) in [7, 11) is 6.21. The van der Waals surface area contributed by atoms with Crippen LogP contribution in [0.4, 0.5) is 0 Å². The number of amides is 2. The predicted octanol–water partition coefficient (Wildman–Crippen LogP) is 5.96. The maximum Gasteiger partial charge on any atom is 0.247 e. The molecule has 1 aromatic heterocycles. The molecule has 5 rings (SSSR count). The number of H-pyrrole nitrogens is 1. The van der Waals surface area contributed by atoms with Gasteiger partial charge in [0, 0.05) is 29.7 Å². The monoisotopic (exact) mass is 599 g/mol. The molecule has 0 saturated heterocycles. The molecule has 2 amide bonds. The molecule has 1 aliphatic rings. The van der Waals surface area contributed by atoms with Crippen molar-refractivity contribution in [2.75, 3.05) is 28.4 Å². The molecular weight excluding hydrogens is 558 g/mol. The summed E-state index contributed by atoms with van der Waals surface area (Å²) in [4.78, 5) is 33.8. The highest BCUT2D eigenvalue weighted by atomic mass is 16.5. The summed E-state index contributed by atoms with van der Waals surface area (Å²) < 4.78 is 22.4. The summed E-state index contributed by atoms with van der Waals surface area (Å²) in [6.45, 7) is 0.178. The summed E-state index contributed by atoms with van der Waals surface area (Å²) in [6.07, 6.45) is 7.07. The highest BCUT2D eigenvalue weighted by Crippen LogP contribution is 2.41. The lowest BCUT2D eigenvalue weighted by Crippen LogP contribution is -2.47.